The Bertz CT molecular complexity index is 1090. The molecule has 4 rings (SSSR count). The summed E-state index contributed by atoms with van der Waals surface area (Å²) in [5, 5.41) is 7.19. The van der Waals surface area contributed by atoms with Gasteiger partial charge in [-0.3, -0.25) is 4.79 Å². The van der Waals surface area contributed by atoms with Gasteiger partial charge in [-0.1, -0.05) is 46.3 Å². The van der Waals surface area contributed by atoms with Crippen molar-refractivity contribution in [3.63, 3.8) is 0 Å². The van der Waals surface area contributed by atoms with Gasteiger partial charge in [0.1, 0.15) is 12.1 Å². The van der Waals surface area contributed by atoms with Crippen molar-refractivity contribution >= 4 is 27.7 Å². The molecule has 1 N–H and O–H groups in total. The van der Waals surface area contributed by atoms with Gasteiger partial charge >= 0.3 is 0 Å². The lowest BCUT2D eigenvalue weighted by atomic mass is 10.2. The molecule has 2 heterocycles. The van der Waals surface area contributed by atoms with Gasteiger partial charge in [0.25, 0.3) is 0 Å². The number of rotatable bonds is 6. The average molecular weight is 437 g/mol. The monoisotopic (exact) mass is 436 g/mol. The van der Waals surface area contributed by atoms with E-state index in [1.54, 1.807) is 16.9 Å². The van der Waals surface area contributed by atoms with Gasteiger partial charge in [0.2, 0.25) is 11.8 Å². The maximum Gasteiger partial charge on any atom is 0.231 e. The summed E-state index contributed by atoms with van der Waals surface area (Å²) in [6, 6.07) is 19.3. The zero-order valence-electron chi connectivity index (χ0n) is 14.9. The molecule has 0 radical (unpaired) electrons. The number of nitrogens with zero attached hydrogens (tertiary/aromatic N) is 3. The van der Waals surface area contributed by atoms with E-state index < -0.39 is 0 Å². The number of amides is 1. The highest BCUT2D eigenvalue weighted by Crippen LogP contribution is 2.19. The lowest BCUT2D eigenvalue weighted by Gasteiger charge is -2.09. The molecule has 0 bridgehead atoms. The Morgan fingerprint density at radius 1 is 1.11 bits per heavy atom. The molecule has 1 amide bonds. The Labute approximate surface area is 170 Å². The third-order valence-corrected chi connectivity index (χ3v) is 4.61. The quantitative estimate of drug-likeness (QED) is 0.481. The van der Waals surface area contributed by atoms with Gasteiger partial charge in [0.15, 0.2) is 0 Å². The number of oxazole rings is 1. The van der Waals surface area contributed by atoms with Crippen molar-refractivity contribution in [3.8, 4) is 11.5 Å². The summed E-state index contributed by atoms with van der Waals surface area (Å²) in [6.07, 6.45) is 3.30. The van der Waals surface area contributed by atoms with Crippen LogP contribution in [-0.2, 0) is 17.8 Å². The van der Waals surface area contributed by atoms with Gasteiger partial charge in [-0.05, 0) is 29.8 Å². The first-order chi connectivity index (χ1) is 13.7. The van der Waals surface area contributed by atoms with Gasteiger partial charge in [0, 0.05) is 16.1 Å². The third-order valence-electron chi connectivity index (χ3n) is 4.12. The van der Waals surface area contributed by atoms with Crippen LogP contribution in [0.2, 0.25) is 0 Å². The summed E-state index contributed by atoms with van der Waals surface area (Å²) in [7, 11) is 0. The molecule has 4 aromatic rings. The molecule has 0 unspecified atom stereocenters. The maximum atomic E-state index is 12.4. The smallest absolute Gasteiger partial charge is 0.231 e. The zero-order chi connectivity index (χ0) is 19.3. The van der Waals surface area contributed by atoms with Crippen LogP contribution in [-0.4, -0.2) is 20.7 Å². The van der Waals surface area contributed by atoms with Crippen LogP contribution in [0.4, 0.5) is 5.82 Å². The Morgan fingerprint density at radius 2 is 1.96 bits per heavy atom. The van der Waals surface area contributed by atoms with Crippen molar-refractivity contribution < 1.29 is 9.21 Å². The van der Waals surface area contributed by atoms with Crippen LogP contribution in [0.5, 0.6) is 0 Å². The van der Waals surface area contributed by atoms with E-state index in [1.807, 2.05) is 54.6 Å². The molecule has 28 heavy (non-hydrogen) atoms. The number of benzene rings is 2. The molecule has 0 saturated heterocycles. The fourth-order valence-electron chi connectivity index (χ4n) is 2.83. The summed E-state index contributed by atoms with van der Waals surface area (Å²) in [5.41, 5.74) is 2.54. The number of hydrogen-bond donors (Lipinski definition) is 1. The van der Waals surface area contributed by atoms with Gasteiger partial charge in [0.05, 0.1) is 24.9 Å². The first kappa shape index (κ1) is 18.2. The van der Waals surface area contributed by atoms with E-state index in [1.165, 1.54) is 6.26 Å². The highest BCUT2D eigenvalue weighted by atomic mass is 79.9. The topological polar surface area (TPSA) is 73.0 Å². The molecule has 2 aromatic heterocycles. The van der Waals surface area contributed by atoms with Gasteiger partial charge in [-0.2, -0.15) is 5.10 Å². The Hall–Kier alpha value is -3.19. The normalized spacial score (nSPS) is 10.8. The standard InChI is InChI=1S/C21H17BrN4O2/c22-17-8-4-5-15(11-17)13-26-19(9-10-23-26)25-20(27)12-18-14-28-21(24-18)16-6-2-1-3-7-16/h1-11,14H,12-13H2,(H,25,27). The Kier molecular flexibility index (Phi) is 5.34. The Morgan fingerprint density at radius 3 is 2.79 bits per heavy atom. The number of carbonyl (C=O) groups excluding carboxylic acids is 1. The van der Waals surface area contributed by atoms with Crippen LogP contribution < -0.4 is 5.32 Å². The predicted molar refractivity (Wildman–Crippen MR) is 110 cm³/mol. The molecule has 7 heteroatoms. The Balaban J connectivity index is 1.41. The van der Waals surface area contributed by atoms with E-state index in [-0.39, 0.29) is 12.3 Å². The minimum atomic E-state index is -0.177. The summed E-state index contributed by atoms with van der Waals surface area (Å²) in [6.45, 7) is 0.560. The molecule has 0 atom stereocenters. The summed E-state index contributed by atoms with van der Waals surface area (Å²) in [5.74, 6) is 0.962. The first-order valence-corrected chi connectivity index (χ1v) is 9.52. The highest BCUT2D eigenvalue weighted by Gasteiger charge is 2.12. The largest absolute Gasteiger partial charge is 0.444 e. The molecule has 6 nitrogen and oxygen atoms in total. The minimum absolute atomic E-state index is 0.123. The molecule has 140 valence electrons. The summed E-state index contributed by atoms with van der Waals surface area (Å²) in [4.78, 5) is 16.8. The molecule has 2 aromatic carbocycles. The number of aromatic nitrogens is 3. The van der Waals surface area contributed by atoms with Crippen LogP contribution in [0.3, 0.4) is 0 Å². The maximum absolute atomic E-state index is 12.4. The molecule has 0 aliphatic rings. The van der Waals surface area contributed by atoms with Crippen LogP contribution >= 0.6 is 15.9 Å². The number of nitrogens with one attached hydrogen (secondary N) is 1. The van der Waals surface area contributed by atoms with Gasteiger partial charge in [-0.25, -0.2) is 9.67 Å². The zero-order valence-corrected chi connectivity index (χ0v) is 16.5. The fourth-order valence-corrected chi connectivity index (χ4v) is 3.27. The highest BCUT2D eigenvalue weighted by molar-refractivity contribution is 9.10. The van der Waals surface area contributed by atoms with E-state index in [4.69, 9.17) is 4.42 Å². The van der Waals surface area contributed by atoms with Crippen molar-refractivity contribution in [2.24, 2.45) is 0 Å². The van der Waals surface area contributed by atoms with E-state index in [0.29, 0.717) is 23.9 Å². The molecular formula is C21H17BrN4O2. The van der Waals surface area contributed by atoms with Crippen molar-refractivity contribution in [1.82, 2.24) is 14.8 Å². The molecule has 0 fully saturated rings. The number of carbonyl (C=O) groups is 1. The van der Waals surface area contributed by atoms with Crippen molar-refractivity contribution in [2.75, 3.05) is 5.32 Å². The van der Waals surface area contributed by atoms with Gasteiger partial charge in [-0.15, -0.1) is 0 Å². The minimum Gasteiger partial charge on any atom is -0.444 e. The van der Waals surface area contributed by atoms with Crippen LogP contribution in [0, 0.1) is 0 Å². The number of anilines is 1. The van der Waals surface area contributed by atoms with E-state index >= 15 is 0 Å². The molecular weight excluding hydrogens is 420 g/mol. The predicted octanol–water partition coefficient (Wildman–Crippen LogP) is 4.53. The second kappa shape index (κ2) is 8.22. The average Bonchev–Trinajstić information content (AvgIpc) is 3.32. The number of halogens is 1. The third kappa shape index (κ3) is 4.37. The van der Waals surface area contributed by atoms with Gasteiger partial charge < -0.3 is 9.73 Å². The van der Waals surface area contributed by atoms with Crippen LogP contribution in [0.25, 0.3) is 11.5 Å². The number of hydrogen-bond acceptors (Lipinski definition) is 4. The lowest BCUT2D eigenvalue weighted by molar-refractivity contribution is -0.115. The van der Waals surface area contributed by atoms with Crippen molar-refractivity contribution in [2.45, 2.75) is 13.0 Å². The summed E-state index contributed by atoms with van der Waals surface area (Å²) < 4.78 is 8.24. The SMILES string of the molecule is O=C(Cc1coc(-c2ccccc2)n1)Nc1ccnn1Cc1cccc(Br)c1. The van der Waals surface area contributed by atoms with Crippen LogP contribution in [0.15, 0.2) is 82.0 Å². The van der Waals surface area contributed by atoms with E-state index in [0.717, 1.165) is 15.6 Å². The first-order valence-electron chi connectivity index (χ1n) is 8.73. The second-order valence-corrected chi connectivity index (χ2v) is 7.15. The fraction of sp³-hybridized carbons (Fsp3) is 0.0952. The van der Waals surface area contributed by atoms with Crippen molar-refractivity contribution in [1.29, 1.82) is 0 Å². The molecule has 0 aliphatic carbocycles. The summed E-state index contributed by atoms with van der Waals surface area (Å²) >= 11 is 3.47. The van der Waals surface area contributed by atoms with Crippen LogP contribution in [0.1, 0.15) is 11.3 Å². The van der Waals surface area contributed by atoms with E-state index in [9.17, 15) is 4.79 Å². The molecule has 0 aliphatic heterocycles. The molecule has 0 spiro atoms. The van der Waals surface area contributed by atoms with E-state index in [2.05, 4.69) is 31.3 Å². The second-order valence-electron chi connectivity index (χ2n) is 6.24. The molecule has 0 saturated carbocycles. The lowest BCUT2D eigenvalue weighted by Crippen LogP contribution is -2.18. The van der Waals surface area contributed by atoms with Crippen molar-refractivity contribution in [3.05, 3.63) is 88.9 Å².